The Bertz CT molecular complexity index is 378. The minimum Gasteiger partial charge on any atom is -0.469 e. The number of halogens is 1. The second kappa shape index (κ2) is 4.99. The van der Waals surface area contributed by atoms with Gasteiger partial charge in [-0.15, -0.1) is 0 Å². The Morgan fingerprint density at radius 3 is 3.06 bits per heavy atom. The molecule has 1 aromatic heterocycles. The number of carbonyl (C=O) groups excluding carboxylic acids is 1. The molecule has 16 heavy (non-hydrogen) atoms. The second-order valence-corrected chi connectivity index (χ2v) is 5.00. The monoisotopic (exact) mass is 286 g/mol. The number of imidazole rings is 1. The molecule has 4 nitrogen and oxygen atoms in total. The van der Waals surface area contributed by atoms with E-state index in [1.54, 1.807) is 0 Å². The van der Waals surface area contributed by atoms with E-state index < -0.39 is 0 Å². The molecule has 0 aromatic carbocycles. The number of carbonyl (C=O) groups is 1. The van der Waals surface area contributed by atoms with Crippen LogP contribution >= 0.6 is 15.9 Å². The summed E-state index contributed by atoms with van der Waals surface area (Å²) in [4.78, 5) is 15.6. The average molecular weight is 287 g/mol. The third kappa shape index (κ3) is 2.45. The highest BCUT2D eigenvalue weighted by Gasteiger charge is 2.28. The van der Waals surface area contributed by atoms with Gasteiger partial charge < -0.3 is 9.30 Å². The zero-order valence-corrected chi connectivity index (χ0v) is 10.8. The van der Waals surface area contributed by atoms with Crippen molar-refractivity contribution in [3.8, 4) is 0 Å². The first-order chi connectivity index (χ1) is 7.70. The molecule has 1 aliphatic rings. The van der Waals surface area contributed by atoms with Crippen LogP contribution in [-0.4, -0.2) is 22.6 Å². The summed E-state index contributed by atoms with van der Waals surface area (Å²) in [6, 6.07) is 0.372. The van der Waals surface area contributed by atoms with E-state index in [2.05, 4.69) is 25.5 Å². The van der Waals surface area contributed by atoms with E-state index in [9.17, 15) is 4.79 Å². The van der Waals surface area contributed by atoms with Crippen molar-refractivity contribution in [3.63, 3.8) is 0 Å². The minimum atomic E-state index is -0.0797. The summed E-state index contributed by atoms with van der Waals surface area (Å²) in [5.41, 5.74) is 0. The fraction of sp³-hybridized carbons (Fsp3) is 0.636. The van der Waals surface area contributed by atoms with Crippen molar-refractivity contribution in [1.29, 1.82) is 0 Å². The number of ether oxygens (including phenoxy) is 1. The predicted molar refractivity (Wildman–Crippen MR) is 62.9 cm³/mol. The van der Waals surface area contributed by atoms with Gasteiger partial charge >= 0.3 is 5.97 Å². The quantitative estimate of drug-likeness (QED) is 0.785. The van der Waals surface area contributed by atoms with Crippen LogP contribution in [0.25, 0.3) is 0 Å². The lowest BCUT2D eigenvalue weighted by Crippen LogP contribution is -2.25. The molecule has 0 aliphatic heterocycles. The van der Waals surface area contributed by atoms with Crippen molar-refractivity contribution < 1.29 is 9.53 Å². The van der Waals surface area contributed by atoms with Crippen LogP contribution in [0.1, 0.15) is 31.7 Å². The summed E-state index contributed by atoms with van der Waals surface area (Å²) in [6.45, 7) is 0. The Morgan fingerprint density at radius 1 is 1.62 bits per heavy atom. The van der Waals surface area contributed by atoms with E-state index in [-0.39, 0.29) is 11.9 Å². The van der Waals surface area contributed by atoms with Gasteiger partial charge in [0.15, 0.2) is 0 Å². The minimum absolute atomic E-state index is 0.0462. The van der Waals surface area contributed by atoms with E-state index in [1.165, 1.54) is 7.11 Å². The maximum absolute atomic E-state index is 11.5. The van der Waals surface area contributed by atoms with Gasteiger partial charge in [0.25, 0.3) is 0 Å². The van der Waals surface area contributed by atoms with Crippen LogP contribution in [0.4, 0.5) is 0 Å². The highest BCUT2D eigenvalue weighted by molar-refractivity contribution is 9.10. The van der Waals surface area contributed by atoms with Crippen molar-refractivity contribution in [3.05, 3.63) is 17.1 Å². The maximum Gasteiger partial charge on any atom is 0.308 e. The number of methoxy groups -OCH3 is 1. The van der Waals surface area contributed by atoms with Crippen molar-refractivity contribution in [2.45, 2.75) is 31.7 Å². The Morgan fingerprint density at radius 2 is 2.44 bits per heavy atom. The fourth-order valence-electron chi connectivity index (χ4n) is 2.33. The van der Waals surface area contributed by atoms with Gasteiger partial charge in [-0.1, -0.05) is 6.42 Å². The molecule has 2 rings (SSSR count). The first-order valence-corrected chi connectivity index (χ1v) is 6.27. The normalized spacial score (nSPS) is 25.4. The zero-order chi connectivity index (χ0) is 11.5. The van der Waals surface area contributed by atoms with Gasteiger partial charge in [-0.05, 0) is 35.2 Å². The number of rotatable bonds is 2. The Kier molecular flexibility index (Phi) is 3.63. The second-order valence-electron chi connectivity index (χ2n) is 4.18. The van der Waals surface area contributed by atoms with E-state index in [4.69, 9.17) is 4.74 Å². The number of esters is 1. The van der Waals surface area contributed by atoms with Crippen LogP contribution in [0, 0.1) is 5.92 Å². The molecule has 0 saturated heterocycles. The first-order valence-electron chi connectivity index (χ1n) is 5.47. The number of hydrogen-bond donors (Lipinski definition) is 0. The highest BCUT2D eigenvalue weighted by Crippen LogP contribution is 2.33. The van der Waals surface area contributed by atoms with Gasteiger partial charge in [0.05, 0.1) is 19.4 Å². The smallest absolute Gasteiger partial charge is 0.308 e. The predicted octanol–water partition coefficient (Wildman–Crippen LogP) is 2.55. The van der Waals surface area contributed by atoms with E-state index in [0.717, 1.165) is 30.3 Å². The molecule has 0 N–H and O–H groups in total. The number of nitrogens with zero attached hydrogens (tertiary/aromatic N) is 2. The van der Waals surface area contributed by atoms with Gasteiger partial charge in [-0.25, -0.2) is 4.98 Å². The molecule has 88 valence electrons. The Labute approximate surface area is 103 Å². The molecule has 1 aromatic rings. The lowest BCUT2D eigenvalue weighted by molar-refractivity contribution is -0.147. The van der Waals surface area contributed by atoms with Gasteiger partial charge in [0.1, 0.15) is 4.60 Å². The molecule has 1 fully saturated rings. The lowest BCUT2D eigenvalue weighted by Gasteiger charge is -2.28. The number of hydrogen-bond acceptors (Lipinski definition) is 3. The molecule has 0 bridgehead atoms. The van der Waals surface area contributed by atoms with Crippen LogP contribution in [0.3, 0.4) is 0 Å². The van der Waals surface area contributed by atoms with Crippen LogP contribution < -0.4 is 0 Å². The molecule has 2 unspecified atom stereocenters. The molecule has 1 saturated carbocycles. The molecule has 5 heteroatoms. The average Bonchev–Trinajstić information content (AvgIpc) is 2.75. The third-order valence-electron chi connectivity index (χ3n) is 3.17. The number of aromatic nitrogens is 2. The van der Waals surface area contributed by atoms with Gasteiger partial charge in [0, 0.05) is 12.2 Å². The summed E-state index contributed by atoms with van der Waals surface area (Å²) in [6.07, 6.45) is 7.75. The third-order valence-corrected chi connectivity index (χ3v) is 3.58. The van der Waals surface area contributed by atoms with Crippen molar-refractivity contribution in [2.75, 3.05) is 7.11 Å². The fourth-order valence-corrected chi connectivity index (χ4v) is 2.65. The Balaban J connectivity index is 2.04. The van der Waals surface area contributed by atoms with E-state index in [0.29, 0.717) is 6.04 Å². The summed E-state index contributed by atoms with van der Waals surface area (Å²) in [5, 5.41) is 0. The standard InChI is InChI=1S/C11H15BrN2O2/c1-16-11(15)8-3-2-4-9(5-8)14-6-10(12)13-7-14/h6-9H,2-5H2,1H3. The lowest BCUT2D eigenvalue weighted by atomic mass is 9.85. The van der Waals surface area contributed by atoms with E-state index >= 15 is 0 Å². The van der Waals surface area contributed by atoms with Crippen LogP contribution in [0.15, 0.2) is 17.1 Å². The molecule has 1 aliphatic carbocycles. The highest BCUT2D eigenvalue weighted by atomic mass is 79.9. The van der Waals surface area contributed by atoms with Gasteiger partial charge in [-0.2, -0.15) is 0 Å². The van der Waals surface area contributed by atoms with Crippen LogP contribution in [-0.2, 0) is 9.53 Å². The SMILES string of the molecule is COC(=O)C1CCCC(n2cnc(Br)c2)C1. The molecule has 2 atom stereocenters. The van der Waals surface area contributed by atoms with Crippen LogP contribution in [0.2, 0.25) is 0 Å². The zero-order valence-electron chi connectivity index (χ0n) is 9.23. The van der Waals surface area contributed by atoms with Gasteiger partial charge in [-0.3, -0.25) is 4.79 Å². The van der Waals surface area contributed by atoms with E-state index in [1.807, 2.05) is 12.5 Å². The Hall–Kier alpha value is -0.840. The summed E-state index contributed by atoms with van der Waals surface area (Å²) >= 11 is 3.33. The molecule has 0 spiro atoms. The van der Waals surface area contributed by atoms with Gasteiger partial charge in [0.2, 0.25) is 0 Å². The summed E-state index contributed by atoms with van der Waals surface area (Å²) in [7, 11) is 1.46. The molecular weight excluding hydrogens is 272 g/mol. The first kappa shape index (κ1) is 11.6. The molecular formula is C11H15BrN2O2. The maximum atomic E-state index is 11.5. The van der Waals surface area contributed by atoms with Crippen LogP contribution in [0.5, 0.6) is 0 Å². The largest absolute Gasteiger partial charge is 0.469 e. The summed E-state index contributed by atoms with van der Waals surface area (Å²) in [5.74, 6) is -0.0335. The van der Waals surface area contributed by atoms with Crippen molar-refractivity contribution >= 4 is 21.9 Å². The molecule has 0 amide bonds. The topological polar surface area (TPSA) is 44.1 Å². The summed E-state index contributed by atoms with van der Waals surface area (Å²) < 4.78 is 7.73. The molecule has 0 radical (unpaired) electrons. The van der Waals surface area contributed by atoms with Crippen molar-refractivity contribution in [1.82, 2.24) is 9.55 Å². The van der Waals surface area contributed by atoms with Crippen molar-refractivity contribution in [2.24, 2.45) is 5.92 Å². The molecule has 1 heterocycles.